The van der Waals surface area contributed by atoms with Crippen LogP contribution >= 0.6 is 0 Å². The first-order valence-corrected chi connectivity index (χ1v) is 11.4. The summed E-state index contributed by atoms with van der Waals surface area (Å²) in [4.78, 5) is 17.8. The number of amides is 1. The Labute approximate surface area is 183 Å². The van der Waals surface area contributed by atoms with Crippen molar-refractivity contribution in [1.82, 2.24) is 9.80 Å². The topological polar surface area (TPSA) is 23.6 Å². The van der Waals surface area contributed by atoms with Crippen molar-refractivity contribution in [3.8, 4) is 0 Å². The number of likely N-dealkylation sites (tertiary alicyclic amines) is 2. The lowest BCUT2D eigenvalue weighted by molar-refractivity contribution is 0.0784. The lowest BCUT2D eigenvalue weighted by atomic mass is 9.89. The molecule has 0 aliphatic carbocycles. The Balaban J connectivity index is 1.16. The largest absolute Gasteiger partial charge is 0.338 e. The van der Waals surface area contributed by atoms with E-state index in [0.29, 0.717) is 11.8 Å². The fourth-order valence-corrected chi connectivity index (χ4v) is 5.30. The highest BCUT2D eigenvalue weighted by molar-refractivity contribution is 6.07. The van der Waals surface area contributed by atoms with Gasteiger partial charge in [0.15, 0.2) is 0 Å². The molecule has 2 aliphatic heterocycles. The van der Waals surface area contributed by atoms with Crippen molar-refractivity contribution < 1.29 is 9.18 Å². The molecule has 0 bridgehead atoms. The molecule has 0 saturated carbocycles. The van der Waals surface area contributed by atoms with Gasteiger partial charge in [-0.1, -0.05) is 48.5 Å². The molecule has 5 rings (SSSR count). The van der Waals surface area contributed by atoms with E-state index in [9.17, 15) is 9.18 Å². The van der Waals surface area contributed by atoms with Gasteiger partial charge in [0.1, 0.15) is 5.82 Å². The van der Waals surface area contributed by atoms with Crippen molar-refractivity contribution in [3.63, 3.8) is 0 Å². The number of fused-ring (bicyclic) bond motifs is 1. The molecule has 1 atom stereocenters. The average molecular weight is 417 g/mol. The molecule has 2 aliphatic rings. The molecule has 31 heavy (non-hydrogen) atoms. The molecule has 3 aromatic carbocycles. The van der Waals surface area contributed by atoms with Gasteiger partial charge in [0.2, 0.25) is 0 Å². The summed E-state index contributed by atoms with van der Waals surface area (Å²) in [7, 11) is 0. The Kier molecular flexibility index (Phi) is 5.73. The summed E-state index contributed by atoms with van der Waals surface area (Å²) in [6, 6.07) is 21.1. The van der Waals surface area contributed by atoms with Crippen molar-refractivity contribution in [2.75, 3.05) is 32.7 Å². The van der Waals surface area contributed by atoms with Crippen molar-refractivity contribution in [2.24, 2.45) is 5.92 Å². The first-order valence-electron chi connectivity index (χ1n) is 11.4. The Morgan fingerprint density at radius 2 is 1.61 bits per heavy atom. The zero-order valence-corrected chi connectivity index (χ0v) is 17.8. The van der Waals surface area contributed by atoms with E-state index in [1.165, 1.54) is 5.56 Å². The number of rotatable bonds is 4. The molecule has 3 nitrogen and oxygen atoms in total. The third kappa shape index (κ3) is 4.35. The van der Waals surface area contributed by atoms with Crippen LogP contribution in [0, 0.1) is 11.7 Å². The predicted molar refractivity (Wildman–Crippen MR) is 123 cm³/mol. The summed E-state index contributed by atoms with van der Waals surface area (Å²) in [6.45, 7) is 4.92. The molecule has 0 aromatic heterocycles. The minimum absolute atomic E-state index is 0.161. The molecule has 2 heterocycles. The molecule has 0 N–H and O–H groups in total. The lowest BCUT2D eigenvalue weighted by Crippen LogP contribution is -2.37. The highest BCUT2D eigenvalue weighted by Crippen LogP contribution is 2.30. The van der Waals surface area contributed by atoms with E-state index in [-0.39, 0.29) is 11.7 Å². The molecule has 4 heteroatoms. The van der Waals surface area contributed by atoms with E-state index in [2.05, 4.69) is 17.0 Å². The Morgan fingerprint density at radius 3 is 2.42 bits per heavy atom. The van der Waals surface area contributed by atoms with E-state index >= 15 is 0 Å². The van der Waals surface area contributed by atoms with Gasteiger partial charge >= 0.3 is 0 Å². The normalized spacial score (nSPS) is 20.4. The molecule has 1 amide bonds. The number of hydrogen-bond acceptors (Lipinski definition) is 2. The van der Waals surface area contributed by atoms with Gasteiger partial charge in [0, 0.05) is 25.2 Å². The molecule has 0 spiro atoms. The number of halogens is 1. The predicted octanol–water partition coefficient (Wildman–Crippen LogP) is 5.32. The van der Waals surface area contributed by atoms with Crippen molar-refractivity contribution in [2.45, 2.75) is 25.2 Å². The van der Waals surface area contributed by atoms with Crippen molar-refractivity contribution in [3.05, 3.63) is 83.7 Å². The summed E-state index contributed by atoms with van der Waals surface area (Å²) in [5, 5.41) is 2.16. The van der Waals surface area contributed by atoms with E-state index in [1.54, 1.807) is 12.1 Å². The second kappa shape index (κ2) is 8.80. The van der Waals surface area contributed by atoms with Crippen molar-refractivity contribution >= 4 is 16.7 Å². The maximum absolute atomic E-state index is 13.2. The van der Waals surface area contributed by atoms with Crippen LogP contribution in [-0.4, -0.2) is 48.4 Å². The number of carbonyl (C=O) groups excluding carboxylic acids is 1. The second-order valence-electron chi connectivity index (χ2n) is 9.06. The van der Waals surface area contributed by atoms with Crippen molar-refractivity contribution in [1.29, 1.82) is 0 Å². The summed E-state index contributed by atoms with van der Waals surface area (Å²) in [5.74, 6) is 1.07. The van der Waals surface area contributed by atoms with Gasteiger partial charge in [-0.2, -0.15) is 0 Å². The van der Waals surface area contributed by atoms with Crippen LogP contribution < -0.4 is 0 Å². The van der Waals surface area contributed by atoms with Gasteiger partial charge in [0.25, 0.3) is 5.91 Å². The Bertz CT molecular complexity index is 1050. The van der Waals surface area contributed by atoms with Crippen LogP contribution in [0.5, 0.6) is 0 Å². The third-order valence-corrected chi connectivity index (χ3v) is 7.04. The van der Waals surface area contributed by atoms with Crippen LogP contribution in [0.1, 0.15) is 41.1 Å². The molecule has 160 valence electrons. The standard InChI is InChI=1S/C27H29FN2O/c28-24-10-8-21(9-11-24)22-13-15-29(16-14-22)18-20-12-17-30(19-20)27(31)26-7-3-5-23-4-1-2-6-25(23)26/h1-11,20,22H,12-19H2/t20-/m1/s1. The zero-order valence-electron chi connectivity index (χ0n) is 17.8. The molecule has 2 fully saturated rings. The maximum atomic E-state index is 13.2. The highest BCUT2D eigenvalue weighted by atomic mass is 19.1. The Hall–Kier alpha value is -2.72. The van der Waals surface area contributed by atoms with Crippen LogP contribution in [-0.2, 0) is 0 Å². The number of hydrogen-bond donors (Lipinski definition) is 0. The summed E-state index contributed by atoms with van der Waals surface area (Å²) in [6.07, 6.45) is 3.32. The monoisotopic (exact) mass is 416 g/mol. The van der Waals surface area contributed by atoms with Gasteiger partial charge in [-0.3, -0.25) is 4.79 Å². The first-order chi connectivity index (χ1) is 15.2. The van der Waals surface area contributed by atoms with Crippen LogP contribution in [0.2, 0.25) is 0 Å². The Morgan fingerprint density at radius 1 is 0.871 bits per heavy atom. The quantitative estimate of drug-likeness (QED) is 0.575. The molecule has 3 aromatic rings. The van der Waals surface area contributed by atoms with Crippen LogP contribution in [0.15, 0.2) is 66.7 Å². The van der Waals surface area contributed by atoms with Gasteiger partial charge in [-0.25, -0.2) is 4.39 Å². The third-order valence-electron chi connectivity index (χ3n) is 7.04. The fraction of sp³-hybridized carbons (Fsp3) is 0.370. The van der Waals surface area contributed by atoms with Gasteiger partial charge in [0.05, 0.1) is 0 Å². The van der Waals surface area contributed by atoms with E-state index in [0.717, 1.165) is 68.3 Å². The number of carbonyl (C=O) groups is 1. The average Bonchev–Trinajstić information content (AvgIpc) is 3.28. The van der Waals surface area contributed by atoms with Crippen LogP contribution in [0.25, 0.3) is 10.8 Å². The van der Waals surface area contributed by atoms with Crippen LogP contribution in [0.3, 0.4) is 0 Å². The summed E-state index contributed by atoms with van der Waals surface area (Å²) >= 11 is 0. The lowest BCUT2D eigenvalue weighted by Gasteiger charge is -2.33. The molecular formula is C27H29FN2O. The molecule has 0 radical (unpaired) electrons. The minimum atomic E-state index is -0.162. The molecule has 2 saturated heterocycles. The molecular weight excluding hydrogens is 387 g/mol. The SMILES string of the molecule is O=C(c1cccc2ccccc12)N1CC[C@H](CN2CCC(c3ccc(F)cc3)CC2)C1. The fourth-order valence-electron chi connectivity index (χ4n) is 5.30. The van der Waals surface area contributed by atoms with Gasteiger partial charge in [-0.05, 0) is 78.7 Å². The minimum Gasteiger partial charge on any atom is -0.338 e. The highest BCUT2D eigenvalue weighted by Gasteiger charge is 2.30. The maximum Gasteiger partial charge on any atom is 0.254 e. The van der Waals surface area contributed by atoms with Crippen LogP contribution in [0.4, 0.5) is 4.39 Å². The number of piperidine rings is 1. The second-order valence-corrected chi connectivity index (χ2v) is 9.06. The molecule has 0 unspecified atom stereocenters. The van der Waals surface area contributed by atoms with Gasteiger partial charge in [-0.15, -0.1) is 0 Å². The first kappa shape index (κ1) is 20.2. The zero-order chi connectivity index (χ0) is 21.2. The number of benzene rings is 3. The number of nitrogens with zero attached hydrogens (tertiary/aromatic N) is 2. The summed E-state index contributed by atoms with van der Waals surface area (Å²) in [5.41, 5.74) is 2.08. The summed E-state index contributed by atoms with van der Waals surface area (Å²) < 4.78 is 13.2. The van der Waals surface area contributed by atoms with E-state index in [1.807, 2.05) is 47.4 Å². The van der Waals surface area contributed by atoms with E-state index in [4.69, 9.17) is 0 Å². The van der Waals surface area contributed by atoms with Gasteiger partial charge < -0.3 is 9.80 Å². The smallest absolute Gasteiger partial charge is 0.254 e. The van der Waals surface area contributed by atoms with E-state index < -0.39 is 0 Å².